The maximum Gasteiger partial charge on any atom is 0.418 e. The van der Waals surface area contributed by atoms with E-state index in [0.29, 0.717) is 5.69 Å². The molecule has 0 aliphatic carbocycles. The van der Waals surface area contributed by atoms with Crippen molar-refractivity contribution >= 4 is 11.6 Å². The first kappa shape index (κ1) is 25.6. The number of carbonyl (C=O) groups excluding carboxylic acids is 1. The first-order chi connectivity index (χ1) is 17.2. The highest BCUT2D eigenvalue weighted by Gasteiger charge is 2.34. The van der Waals surface area contributed by atoms with Gasteiger partial charge in [0.25, 0.3) is 5.91 Å². The van der Waals surface area contributed by atoms with Crippen LogP contribution in [0.25, 0.3) is 5.69 Å². The van der Waals surface area contributed by atoms with Gasteiger partial charge in [-0.3, -0.25) is 14.5 Å². The van der Waals surface area contributed by atoms with Crippen LogP contribution < -0.4 is 10.7 Å². The molecule has 7 nitrogen and oxygen atoms in total. The Bertz CT molecular complexity index is 1280. The molecule has 1 fully saturated rings. The molecule has 2 aromatic carbocycles. The Hall–Kier alpha value is -3.50. The SMILES string of the molecule is CCN1CCN(Cc2ccc(NC(=O)c3nn(-c4ccccc4C(F)(F)F)c(C)cc3=O)cc2)CC1. The van der Waals surface area contributed by atoms with Crippen molar-refractivity contribution in [1.29, 1.82) is 0 Å². The summed E-state index contributed by atoms with van der Waals surface area (Å²) in [5, 5.41) is 6.63. The number of halogens is 3. The number of likely N-dealkylation sites (N-methyl/N-ethyl adjacent to an activating group) is 1. The third kappa shape index (κ3) is 5.83. The number of carbonyl (C=O) groups is 1. The number of benzene rings is 2. The number of anilines is 1. The topological polar surface area (TPSA) is 70.5 Å². The number of hydrogen-bond acceptors (Lipinski definition) is 5. The van der Waals surface area contributed by atoms with Gasteiger partial charge in [0.15, 0.2) is 5.69 Å². The molecule has 1 N–H and O–H groups in total. The number of amides is 1. The van der Waals surface area contributed by atoms with Crippen LogP contribution in [0.2, 0.25) is 0 Å². The first-order valence-corrected chi connectivity index (χ1v) is 11.8. The molecule has 1 aliphatic heterocycles. The average Bonchev–Trinajstić information content (AvgIpc) is 2.85. The lowest BCUT2D eigenvalue weighted by Gasteiger charge is -2.34. The molecule has 36 heavy (non-hydrogen) atoms. The van der Waals surface area contributed by atoms with Gasteiger partial charge >= 0.3 is 6.18 Å². The summed E-state index contributed by atoms with van der Waals surface area (Å²) in [5.41, 5.74) is -0.606. The molecule has 0 atom stereocenters. The molecule has 1 amide bonds. The Balaban J connectivity index is 1.50. The monoisotopic (exact) mass is 499 g/mol. The van der Waals surface area contributed by atoms with E-state index in [1.54, 1.807) is 12.1 Å². The Labute approximate surface area is 207 Å². The third-order valence-electron chi connectivity index (χ3n) is 6.29. The zero-order chi connectivity index (χ0) is 25.9. The molecular formula is C26H28F3N5O2. The number of alkyl halides is 3. The maximum absolute atomic E-state index is 13.5. The summed E-state index contributed by atoms with van der Waals surface area (Å²) in [6, 6.07) is 13.3. The fraction of sp³-hybridized carbons (Fsp3) is 0.346. The Morgan fingerprint density at radius 3 is 2.28 bits per heavy atom. The maximum atomic E-state index is 13.5. The second-order valence-corrected chi connectivity index (χ2v) is 8.79. The van der Waals surface area contributed by atoms with Crippen LogP contribution in [-0.2, 0) is 12.7 Å². The number of para-hydroxylation sites is 1. The zero-order valence-corrected chi connectivity index (χ0v) is 20.2. The van der Waals surface area contributed by atoms with E-state index in [1.165, 1.54) is 25.1 Å². The van der Waals surface area contributed by atoms with Crippen LogP contribution in [0.1, 0.15) is 34.2 Å². The minimum Gasteiger partial charge on any atom is -0.320 e. The number of piperazine rings is 1. The lowest BCUT2D eigenvalue weighted by atomic mass is 10.1. The van der Waals surface area contributed by atoms with Crippen LogP contribution in [0.4, 0.5) is 18.9 Å². The number of nitrogens with zero attached hydrogens (tertiary/aromatic N) is 4. The van der Waals surface area contributed by atoms with Gasteiger partial charge in [0.2, 0.25) is 5.43 Å². The summed E-state index contributed by atoms with van der Waals surface area (Å²) < 4.78 is 41.5. The largest absolute Gasteiger partial charge is 0.418 e. The molecule has 1 saturated heterocycles. The molecule has 3 aromatic rings. The molecule has 2 heterocycles. The number of rotatable bonds is 6. The van der Waals surface area contributed by atoms with Crippen LogP contribution in [-0.4, -0.2) is 58.2 Å². The second kappa shape index (κ2) is 10.6. The molecule has 4 rings (SSSR count). The summed E-state index contributed by atoms with van der Waals surface area (Å²) in [7, 11) is 0. The zero-order valence-electron chi connectivity index (χ0n) is 20.2. The fourth-order valence-corrected chi connectivity index (χ4v) is 4.25. The molecule has 0 radical (unpaired) electrons. The quantitative estimate of drug-likeness (QED) is 0.556. The lowest BCUT2D eigenvalue weighted by Crippen LogP contribution is -2.45. The van der Waals surface area contributed by atoms with Crippen molar-refractivity contribution in [2.75, 3.05) is 38.0 Å². The highest BCUT2D eigenvalue weighted by atomic mass is 19.4. The fourth-order valence-electron chi connectivity index (χ4n) is 4.25. The molecule has 0 spiro atoms. The van der Waals surface area contributed by atoms with Crippen molar-refractivity contribution in [3.63, 3.8) is 0 Å². The number of aryl methyl sites for hydroxylation is 1. The van der Waals surface area contributed by atoms with Crippen LogP contribution in [0, 0.1) is 6.92 Å². The van der Waals surface area contributed by atoms with Crippen molar-refractivity contribution in [3.8, 4) is 5.69 Å². The highest BCUT2D eigenvalue weighted by molar-refractivity contribution is 6.02. The van der Waals surface area contributed by atoms with Gasteiger partial charge in [0.05, 0.1) is 11.3 Å². The average molecular weight is 500 g/mol. The summed E-state index contributed by atoms with van der Waals surface area (Å²) in [4.78, 5) is 30.1. The normalized spacial score (nSPS) is 15.1. The second-order valence-electron chi connectivity index (χ2n) is 8.79. The van der Waals surface area contributed by atoms with E-state index < -0.39 is 28.8 Å². The Kier molecular flexibility index (Phi) is 7.56. The summed E-state index contributed by atoms with van der Waals surface area (Å²) >= 11 is 0. The van der Waals surface area contributed by atoms with Gasteiger partial charge in [-0.1, -0.05) is 31.2 Å². The van der Waals surface area contributed by atoms with E-state index in [-0.39, 0.29) is 11.4 Å². The standard InChI is InChI=1S/C26H28F3N5O2/c1-3-32-12-14-33(15-13-32)17-19-8-10-20(11-9-19)30-25(36)24-23(35)16-18(2)34(31-24)22-7-5-4-6-21(22)26(27,28)29/h4-11,16H,3,12-15,17H2,1-2H3,(H,30,36). The van der Waals surface area contributed by atoms with E-state index in [0.717, 1.165) is 61.6 Å². The predicted octanol–water partition coefficient (Wildman–Crippen LogP) is 3.95. The summed E-state index contributed by atoms with van der Waals surface area (Å²) in [5.74, 6) is -0.790. The smallest absolute Gasteiger partial charge is 0.320 e. The van der Waals surface area contributed by atoms with Crippen molar-refractivity contribution in [2.24, 2.45) is 0 Å². The van der Waals surface area contributed by atoms with Crippen molar-refractivity contribution in [1.82, 2.24) is 19.6 Å². The van der Waals surface area contributed by atoms with Gasteiger partial charge in [-0.15, -0.1) is 0 Å². The predicted molar refractivity (Wildman–Crippen MR) is 131 cm³/mol. The molecule has 0 bridgehead atoms. The molecule has 1 aliphatic rings. The molecule has 0 unspecified atom stereocenters. The van der Waals surface area contributed by atoms with Crippen molar-refractivity contribution in [2.45, 2.75) is 26.6 Å². The van der Waals surface area contributed by atoms with Crippen LogP contribution >= 0.6 is 0 Å². The number of aromatic nitrogens is 2. The molecule has 10 heteroatoms. The van der Waals surface area contributed by atoms with Crippen LogP contribution in [0.15, 0.2) is 59.4 Å². The van der Waals surface area contributed by atoms with Crippen LogP contribution in [0.3, 0.4) is 0 Å². The van der Waals surface area contributed by atoms with Gasteiger partial charge < -0.3 is 10.2 Å². The summed E-state index contributed by atoms with van der Waals surface area (Å²) in [6.45, 7) is 9.55. The van der Waals surface area contributed by atoms with Crippen LogP contribution in [0.5, 0.6) is 0 Å². The summed E-state index contributed by atoms with van der Waals surface area (Å²) in [6.07, 6.45) is -4.62. The van der Waals surface area contributed by atoms with E-state index in [4.69, 9.17) is 0 Å². The molecule has 190 valence electrons. The van der Waals surface area contributed by atoms with E-state index in [1.807, 2.05) is 12.1 Å². The Morgan fingerprint density at radius 1 is 1.00 bits per heavy atom. The van der Waals surface area contributed by atoms with Gasteiger partial charge in [0.1, 0.15) is 0 Å². The minimum absolute atomic E-state index is 0.178. The molecule has 1 aromatic heterocycles. The van der Waals surface area contributed by atoms with Crippen molar-refractivity contribution in [3.05, 3.63) is 87.3 Å². The third-order valence-corrected chi connectivity index (χ3v) is 6.29. The number of hydrogen-bond donors (Lipinski definition) is 1. The van der Waals surface area contributed by atoms with E-state index in [9.17, 15) is 22.8 Å². The highest BCUT2D eigenvalue weighted by Crippen LogP contribution is 2.33. The molecular weight excluding hydrogens is 471 g/mol. The Morgan fingerprint density at radius 2 is 1.64 bits per heavy atom. The van der Waals surface area contributed by atoms with Gasteiger partial charge in [-0.25, -0.2) is 4.68 Å². The van der Waals surface area contributed by atoms with Gasteiger partial charge in [-0.05, 0) is 43.3 Å². The lowest BCUT2D eigenvalue weighted by molar-refractivity contribution is -0.137. The van der Waals surface area contributed by atoms with Gasteiger partial charge in [-0.2, -0.15) is 18.3 Å². The molecule has 0 saturated carbocycles. The minimum atomic E-state index is -4.62. The first-order valence-electron chi connectivity index (χ1n) is 11.8. The van der Waals surface area contributed by atoms with E-state index >= 15 is 0 Å². The number of nitrogens with one attached hydrogen (secondary N) is 1. The van der Waals surface area contributed by atoms with E-state index in [2.05, 4.69) is 27.1 Å². The van der Waals surface area contributed by atoms with Gasteiger partial charge in [0, 0.05) is 50.2 Å². The van der Waals surface area contributed by atoms with Crippen molar-refractivity contribution < 1.29 is 18.0 Å².